The van der Waals surface area contributed by atoms with Crippen molar-refractivity contribution in [3.63, 3.8) is 0 Å². The van der Waals surface area contributed by atoms with Gasteiger partial charge in [-0.1, -0.05) is 31.2 Å². The molecule has 0 bridgehead atoms. The SMILES string of the molecule is CCc1ccc(-c2c(C#N)c(N)nc3sc(C(=O)Nc4cc(C)ccn4)c(N)c23)cc1. The second-order valence-corrected chi connectivity index (χ2v) is 8.11. The van der Waals surface area contributed by atoms with Crippen LogP contribution in [0, 0.1) is 18.3 Å². The van der Waals surface area contributed by atoms with Crippen LogP contribution in [-0.2, 0) is 6.42 Å². The van der Waals surface area contributed by atoms with E-state index in [0.29, 0.717) is 26.5 Å². The zero-order chi connectivity index (χ0) is 22.1. The molecule has 3 aromatic heterocycles. The van der Waals surface area contributed by atoms with Gasteiger partial charge in [0.1, 0.15) is 33.0 Å². The summed E-state index contributed by atoms with van der Waals surface area (Å²) in [6.45, 7) is 3.99. The van der Waals surface area contributed by atoms with Gasteiger partial charge in [-0.25, -0.2) is 9.97 Å². The van der Waals surface area contributed by atoms with Crippen LogP contribution in [0.2, 0.25) is 0 Å². The Hall–Kier alpha value is -3.96. The number of hydrogen-bond donors (Lipinski definition) is 3. The van der Waals surface area contributed by atoms with Crippen LogP contribution in [-0.4, -0.2) is 15.9 Å². The molecule has 0 fully saturated rings. The van der Waals surface area contributed by atoms with E-state index < -0.39 is 0 Å². The maximum Gasteiger partial charge on any atom is 0.269 e. The molecule has 1 aromatic carbocycles. The van der Waals surface area contributed by atoms with E-state index in [1.54, 1.807) is 12.3 Å². The number of nitrogens with two attached hydrogens (primary N) is 2. The van der Waals surface area contributed by atoms with E-state index in [0.717, 1.165) is 28.9 Å². The summed E-state index contributed by atoms with van der Waals surface area (Å²) in [6, 6.07) is 13.6. The van der Waals surface area contributed by atoms with Crippen molar-refractivity contribution in [2.24, 2.45) is 0 Å². The van der Waals surface area contributed by atoms with Gasteiger partial charge in [-0.15, -0.1) is 11.3 Å². The molecule has 0 atom stereocenters. The smallest absolute Gasteiger partial charge is 0.269 e. The van der Waals surface area contributed by atoms with Gasteiger partial charge in [-0.05, 0) is 42.2 Å². The molecule has 0 aliphatic heterocycles. The second-order valence-electron chi connectivity index (χ2n) is 7.11. The Labute approximate surface area is 183 Å². The standard InChI is InChI=1S/C23H20N6OS/c1-3-13-4-6-14(7-5-13)17-15(11-24)21(26)29-23-18(17)19(25)20(31-23)22(30)28-16-10-12(2)8-9-27-16/h4-10H,3,25H2,1-2H3,(H2,26,29)(H,27,28,30). The number of benzene rings is 1. The van der Waals surface area contributed by atoms with E-state index in [9.17, 15) is 10.1 Å². The number of thiophene rings is 1. The van der Waals surface area contributed by atoms with Crippen molar-refractivity contribution >= 4 is 44.8 Å². The number of hydrogen-bond acceptors (Lipinski definition) is 7. The Morgan fingerprint density at radius 3 is 2.61 bits per heavy atom. The molecular formula is C23H20N6OS. The van der Waals surface area contributed by atoms with Crippen LogP contribution < -0.4 is 16.8 Å². The minimum Gasteiger partial charge on any atom is -0.397 e. The number of rotatable bonds is 4. The Morgan fingerprint density at radius 2 is 1.97 bits per heavy atom. The lowest BCUT2D eigenvalue weighted by atomic mass is 9.96. The van der Waals surface area contributed by atoms with Gasteiger partial charge in [0.2, 0.25) is 0 Å². The molecule has 1 amide bonds. The van der Waals surface area contributed by atoms with Gasteiger partial charge in [0.05, 0.1) is 5.69 Å². The van der Waals surface area contributed by atoms with Crippen LogP contribution in [0.3, 0.4) is 0 Å². The minimum absolute atomic E-state index is 0.109. The van der Waals surface area contributed by atoms with Crippen molar-refractivity contribution in [2.45, 2.75) is 20.3 Å². The number of nitrogen functional groups attached to an aromatic ring is 2. The first-order chi connectivity index (χ1) is 14.9. The summed E-state index contributed by atoms with van der Waals surface area (Å²) in [6.07, 6.45) is 2.52. The van der Waals surface area contributed by atoms with E-state index in [1.165, 1.54) is 5.56 Å². The quantitative estimate of drug-likeness (QED) is 0.438. The monoisotopic (exact) mass is 428 g/mol. The third-order valence-corrected chi connectivity index (χ3v) is 6.13. The first-order valence-electron chi connectivity index (χ1n) is 9.67. The van der Waals surface area contributed by atoms with Crippen LogP contribution >= 0.6 is 11.3 Å². The van der Waals surface area contributed by atoms with E-state index in [2.05, 4.69) is 28.3 Å². The van der Waals surface area contributed by atoms with E-state index in [4.69, 9.17) is 11.5 Å². The highest BCUT2D eigenvalue weighted by Gasteiger charge is 2.24. The summed E-state index contributed by atoms with van der Waals surface area (Å²) in [5.74, 6) is 0.156. The fraction of sp³-hybridized carbons (Fsp3) is 0.130. The Morgan fingerprint density at radius 1 is 1.23 bits per heavy atom. The number of nitrogens with zero attached hydrogens (tertiary/aromatic N) is 3. The first-order valence-corrected chi connectivity index (χ1v) is 10.5. The highest BCUT2D eigenvalue weighted by atomic mass is 32.1. The van der Waals surface area contributed by atoms with Crippen molar-refractivity contribution in [3.8, 4) is 17.2 Å². The lowest BCUT2D eigenvalue weighted by molar-refractivity contribution is 0.103. The molecule has 4 aromatic rings. The van der Waals surface area contributed by atoms with Gasteiger partial charge < -0.3 is 16.8 Å². The molecule has 4 rings (SSSR count). The lowest BCUT2D eigenvalue weighted by Crippen LogP contribution is -2.13. The van der Waals surface area contributed by atoms with Crippen LogP contribution in [0.5, 0.6) is 0 Å². The number of anilines is 3. The summed E-state index contributed by atoms with van der Waals surface area (Å²) >= 11 is 1.14. The average Bonchev–Trinajstić information content (AvgIpc) is 3.08. The Bertz CT molecular complexity index is 1350. The number of aryl methyl sites for hydroxylation is 2. The molecule has 0 radical (unpaired) electrons. The van der Waals surface area contributed by atoms with Gasteiger partial charge in [0, 0.05) is 17.1 Å². The molecule has 31 heavy (non-hydrogen) atoms. The maximum atomic E-state index is 12.9. The Balaban J connectivity index is 1.88. The third kappa shape index (κ3) is 3.67. The number of nitriles is 1. The lowest BCUT2D eigenvalue weighted by Gasteiger charge is -2.10. The summed E-state index contributed by atoms with van der Waals surface area (Å²) in [7, 11) is 0. The second kappa shape index (κ2) is 8.05. The Kier molecular flexibility index (Phi) is 5.28. The molecule has 5 N–H and O–H groups in total. The fourth-order valence-electron chi connectivity index (χ4n) is 3.43. The molecule has 0 spiro atoms. The van der Waals surface area contributed by atoms with Gasteiger partial charge in [0.15, 0.2) is 0 Å². The van der Waals surface area contributed by atoms with Gasteiger partial charge in [-0.2, -0.15) is 5.26 Å². The normalized spacial score (nSPS) is 10.7. The summed E-state index contributed by atoms with van der Waals surface area (Å²) < 4.78 is 0. The predicted octanol–water partition coefficient (Wildman–Crippen LogP) is 4.52. The van der Waals surface area contributed by atoms with E-state index in [-0.39, 0.29) is 23.0 Å². The van der Waals surface area contributed by atoms with Crippen molar-refractivity contribution in [1.82, 2.24) is 9.97 Å². The molecule has 8 heteroatoms. The highest BCUT2D eigenvalue weighted by Crippen LogP contribution is 2.42. The first kappa shape index (κ1) is 20.3. The molecule has 0 aliphatic carbocycles. The van der Waals surface area contributed by atoms with Crippen molar-refractivity contribution in [2.75, 3.05) is 16.8 Å². The summed E-state index contributed by atoms with van der Waals surface area (Å²) in [4.78, 5) is 22.3. The number of nitrogens with one attached hydrogen (secondary N) is 1. The van der Waals surface area contributed by atoms with Crippen LogP contribution in [0.15, 0.2) is 42.6 Å². The third-order valence-electron chi connectivity index (χ3n) is 5.03. The molecular weight excluding hydrogens is 408 g/mol. The fourth-order valence-corrected chi connectivity index (χ4v) is 4.43. The summed E-state index contributed by atoms with van der Waals surface area (Å²) in [5.41, 5.74) is 16.6. The van der Waals surface area contributed by atoms with Crippen molar-refractivity contribution in [3.05, 3.63) is 64.2 Å². The molecule has 7 nitrogen and oxygen atoms in total. The number of fused-ring (bicyclic) bond motifs is 1. The molecule has 3 heterocycles. The van der Waals surface area contributed by atoms with Gasteiger partial charge >= 0.3 is 0 Å². The highest BCUT2D eigenvalue weighted by molar-refractivity contribution is 7.21. The number of aromatic nitrogens is 2. The van der Waals surface area contributed by atoms with Gasteiger partial charge in [0.25, 0.3) is 5.91 Å². The number of pyridine rings is 2. The average molecular weight is 429 g/mol. The van der Waals surface area contributed by atoms with Crippen molar-refractivity contribution < 1.29 is 4.79 Å². The predicted molar refractivity (Wildman–Crippen MR) is 125 cm³/mol. The van der Waals surface area contributed by atoms with E-state index >= 15 is 0 Å². The van der Waals surface area contributed by atoms with Crippen molar-refractivity contribution in [1.29, 1.82) is 5.26 Å². The zero-order valence-corrected chi connectivity index (χ0v) is 17.9. The number of amides is 1. The zero-order valence-electron chi connectivity index (χ0n) is 17.1. The maximum absolute atomic E-state index is 12.9. The van der Waals surface area contributed by atoms with E-state index in [1.807, 2.05) is 37.3 Å². The molecule has 0 saturated carbocycles. The molecule has 0 unspecified atom stereocenters. The molecule has 0 saturated heterocycles. The van der Waals surface area contributed by atoms with Crippen LogP contribution in [0.1, 0.15) is 33.3 Å². The van der Waals surface area contributed by atoms with Crippen LogP contribution in [0.25, 0.3) is 21.3 Å². The minimum atomic E-state index is -0.386. The summed E-state index contributed by atoms with van der Waals surface area (Å²) in [5, 5.41) is 13.1. The number of carbonyl (C=O) groups is 1. The molecule has 0 aliphatic rings. The molecule has 154 valence electrons. The number of carbonyl (C=O) groups excluding carboxylic acids is 1. The topological polar surface area (TPSA) is 131 Å². The largest absolute Gasteiger partial charge is 0.397 e. The van der Waals surface area contributed by atoms with Crippen LogP contribution in [0.4, 0.5) is 17.3 Å². The van der Waals surface area contributed by atoms with Gasteiger partial charge in [-0.3, -0.25) is 4.79 Å².